The van der Waals surface area contributed by atoms with Gasteiger partial charge in [0.2, 0.25) is 0 Å². The molecule has 98 valence electrons. The largest absolute Gasteiger partial charge is 0.399 e. The molecule has 1 aliphatic rings. The molecule has 1 saturated carbocycles. The van der Waals surface area contributed by atoms with Crippen LogP contribution in [0.5, 0.6) is 0 Å². The number of hydrogen-bond donors (Lipinski definition) is 3. The maximum Gasteiger partial charge on any atom is 0.253 e. The van der Waals surface area contributed by atoms with E-state index in [0.29, 0.717) is 22.9 Å². The molecule has 4 nitrogen and oxygen atoms in total. The number of hydrogen-bond acceptors (Lipinski definition) is 3. The second-order valence-corrected chi connectivity index (χ2v) is 5.06. The van der Waals surface area contributed by atoms with Gasteiger partial charge in [-0.3, -0.25) is 4.79 Å². The Bertz CT molecular complexity index is 425. The van der Waals surface area contributed by atoms with Crippen molar-refractivity contribution in [1.82, 2.24) is 5.32 Å². The lowest BCUT2D eigenvalue weighted by molar-refractivity contribution is 0.0944. The maximum atomic E-state index is 12.0. The minimum atomic E-state index is -0.0990. The normalized spacial score (nSPS) is 16.4. The first kappa shape index (κ1) is 12.7. The molecule has 0 unspecified atom stereocenters. The van der Waals surface area contributed by atoms with Crippen LogP contribution in [0.25, 0.3) is 0 Å². The third kappa shape index (κ3) is 3.15. The molecule has 4 heteroatoms. The zero-order valence-electron chi connectivity index (χ0n) is 10.6. The predicted molar refractivity (Wildman–Crippen MR) is 74.2 cm³/mol. The number of benzene rings is 1. The third-order valence-electron chi connectivity index (χ3n) is 3.60. The highest BCUT2D eigenvalue weighted by molar-refractivity contribution is 5.99. The molecule has 1 aromatic carbocycles. The van der Waals surface area contributed by atoms with Gasteiger partial charge in [0, 0.05) is 17.9 Å². The second kappa shape index (κ2) is 5.76. The van der Waals surface area contributed by atoms with E-state index in [0.717, 1.165) is 6.54 Å². The van der Waals surface area contributed by atoms with Gasteiger partial charge in [0.15, 0.2) is 0 Å². The van der Waals surface area contributed by atoms with Crippen molar-refractivity contribution in [2.45, 2.75) is 32.1 Å². The monoisotopic (exact) mass is 247 g/mol. The van der Waals surface area contributed by atoms with Gasteiger partial charge in [-0.05, 0) is 37.0 Å². The summed E-state index contributed by atoms with van der Waals surface area (Å²) in [6.45, 7) is 0.753. The standard InChI is InChI=1S/C14H21N3O/c15-11-6-7-12(13(16)8-11)14(18)17-9-10-4-2-1-3-5-10/h6-8,10H,1-5,9,15-16H2,(H,17,18). The molecular formula is C14H21N3O. The predicted octanol–water partition coefficient (Wildman–Crippen LogP) is 2.16. The molecule has 1 amide bonds. The Kier molecular flexibility index (Phi) is 4.07. The lowest BCUT2D eigenvalue weighted by atomic mass is 9.89. The number of nitrogen functional groups attached to an aromatic ring is 2. The molecule has 0 spiro atoms. The Hall–Kier alpha value is -1.71. The summed E-state index contributed by atoms with van der Waals surface area (Å²) in [6, 6.07) is 5.00. The van der Waals surface area contributed by atoms with E-state index in [2.05, 4.69) is 5.32 Å². The Morgan fingerprint density at radius 2 is 1.94 bits per heavy atom. The molecule has 0 atom stereocenters. The molecule has 1 aromatic rings. The Labute approximate surface area is 108 Å². The van der Waals surface area contributed by atoms with Gasteiger partial charge in [0.1, 0.15) is 0 Å². The molecule has 2 rings (SSSR count). The summed E-state index contributed by atoms with van der Waals surface area (Å²) in [5.74, 6) is 0.524. The number of carbonyl (C=O) groups is 1. The van der Waals surface area contributed by atoms with Crippen LogP contribution in [0, 0.1) is 5.92 Å². The van der Waals surface area contributed by atoms with Gasteiger partial charge in [-0.1, -0.05) is 19.3 Å². The minimum Gasteiger partial charge on any atom is -0.399 e. The van der Waals surface area contributed by atoms with Gasteiger partial charge >= 0.3 is 0 Å². The topological polar surface area (TPSA) is 81.1 Å². The van der Waals surface area contributed by atoms with Gasteiger partial charge in [-0.25, -0.2) is 0 Å². The van der Waals surface area contributed by atoms with Crippen LogP contribution in [0.2, 0.25) is 0 Å². The Morgan fingerprint density at radius 1 is 1.22 bits per heavy atom. The van der Waals surface area contributed by atoms with Crippen LogP contribution < -0.4 is 16.8 Å². The first-order valence-electron chi connectivity index (χ1n) is 6.60. The quantitative estimate of drug-likeness (QED) is 0.716. The number of nitrogens with one attached hydrogen (secondary N) is 1. The molecule has 0 saturated heterocycles. The Balaban J connectivity index is 1.90. The average molecular weight is 247 g/mol. The SMILES string of the molecule is Nc1ccc(C(=O)NCC2CCCCC2)c(N)c1. The van der Waals surface area contributed by atoms with Crippen LogP contribution >= 0.6 is 0 Å². The summed E-state index contributed by atoms with van der Waals surface area (Å²) in [6.07, 6.45) is 6.33. The van der Waals surface area contributed by atoms with Gasteiger partial charge < -0.3 is 16.8 Å². The van der Waals surface area contributed by atoms with Gasteiger partial charge in [0.25, 0.3) is 5.91 Å². The van der Waals surface area contributed by atoms with Crippen LogP contribution in [0.15, 0.2) is 18.2 Å². The number of carbonyl (C=O) groups excluding carboxylic acids is 1. The first-order chi connectivity index (χ1) is 8.66. The summed E-state index contributed by atoms with van der Waals surface area (Å²) < 4.78 is 0. The molecule has 1 aliphatic carbocycles. The van der Waals surface area contributed by atoms with Crippen LogP contribution in [0.1, 0.15) is 42.5 Å². The minimum absolute atomic E-state index is 0.0990. The Morgan fingerprint density at radius 3 is 2.61 bits per heavy atom. The summed E-state index contributed by atoms with van der Waals surface area (Å²) in [5, 5.41) is 2.97. The summed E-state index contributed by atoms with van der Waals surface area (Å²) in [5.41, 5.74) is 12.9. The average Bonchev–Trinajstić information content (AvgIpc) is 2.37. The van der Waals surface area contributed by atoms with Crippen molar-refractivity contribution in [2.75, 3.05) is 18.0 Å². The van der Waals surface area contributed by atoms with Crippen molar-refractivity contribution < 1.29 is 4.79 Å². The smallest absolute Gasteiger partial charge is 0.253 e. The van der Waals surface area contributed by atoms with Crippen LogP contribution in [0.4, 0.5) is 11.4 Å². The van der Waals surface area contributed by atoms with E-state index in [1.165, 1.54) is 32.1 Å². The van der Waals surface area contributed by atoms with Crippen LogP contribution in [-0.2, 0) is 0 Å². The van der Waals surface area contributed by atoms with E-state index in [1.54, 1.807) is 18.2 Å². The van der Waals surface area contributed by atoms with E-state index in [1.807, 2.05) is 0 Å². The van der Waals surface area contributed by atoms with Crippen molar-refractivity contribution in [3.8, 4) is 0 Å². The molecular weight excluding hydrogens is 226 g/mol. The zero-order chi connectivity index (χ0) is 13.0. The molecule has 1 fully saturated rings. The molecule has 0 bridgehead atoms. The lowest BCUT2D eigenvalue weighted by Gasteiger charge is -2.21. The van der Waals surface area contributed by atoms with Crippen LogP contribution in [0.3, 0.4) is 0 Å². The van der Waals surface area contributed by atoms with Crippen molar-refractivity contribution >= 4 is 17.3 Å². The molecule has 0 aliphatic heterocycles. The summed E-state index contributed by atoms with van der Waals surface area (Å²) in [4.78, 5) is 12.0. The zero-order valence-corrected chi connectivity index (χ0v) is 10.6. The van der Waals surface area contributed by atoms with Crippen molar-refractivity contribution in [3.05, 3.63) is 23.8 Å². The van der Waals surface area contributed by atoms with Crippen molar-refractivity contribution in [1.29, 1.82) is 0 Å². The third-order valence-corrected chi connectivity index (χ3v) is 3.60. The second-order valence-electron chi connectivity index (χ2n) is 5.06. The molecule has 0 heterocycles. The molecule has 5 N–H and O–H groups in total. The van der Waals surface area contributed by atoms with Gasteiger partial charge in [-0.2, -0.15) is 0 Å². The number of nitrogens with two attached hydrogens (primary N) is 2. The van der Waals surface area contributed by atoms with E-state index in [4.69, 9.17) is 11.5 Å². The number of rotatable bonds is 3. The number of anilines is 2. The first-order valence-corrected chi connectivity index (χ1v) is 6.60. The molecule has 0 aromatic heterocycles. The summed E-state index contributed by atoms with van der Waals surface area (Å²) in [7, 11) is 0. The van der Waals surface area contributed by atoms with E-state index >= 15 is 0 Å². The highest BCUT2D eigenvalue weighted by Crippen LogP contribution is 2.23. The van der Waals surface area contributed by atoms with Gasteiger partial charge in [0.05, 0.1) is 5.56 Å². The fraction of sp³-hybridized carbons (Fsp3) is 0.500. The van der Waals surface area contributed by atoms with Gasteiger partial charge in [-0.15, -0.1) is 0 Å². The summed E-state index contributed by atoms with van der Waals surface area (Å²) >= 11 is 0. The highest BCUT2D eigenvalue weighted by atomic mass is 16.1. The van der Waals surface area contributed by atoms with Crippen molar-refractivity contribution in [3.63, 3.8) is 0 Å². The highest BCUT2D eigenvalue weighted by Gasteiger charge is 2.15. The van der Waals surface area contributed by atoms with E-state index in [-0.39, 0.29) is 5.91 Å². The van der Waals surface area contributed by atoms with E-state index < -0.39 is 0 Å². The fourth-order valence-electron chi connectivity index (χ4n) is 2.51. The van der Waals surface area contributed by atoms with E-state index in [9.17, 15) is 4.79 Å². The van der Waals surface area contributed by atoms with Crippen molar-refractivity contribution in [2.24, 2.45) is 5.92 Å². The maximum absolute atomic E-state index is 12.0. The number of amides is 1. The molecule has 0 radical (unpaired) electrons. The fourth-order valence-corrected chi connectivity index (χ4v) is 2.51. The lowest BCUT2D eigenvalue weighted by Crippen LogP contribution is -2.30. The molecule has 18 heavy (non-hydrogen) atoms. The van der Waals surface area contributed by atoms with Crippen LogP contribution in [-0.4, -0.2) is 12.5 Å².